The molecule has 2 N–H and O–H groups in total. The Morgan fingerprint density at radius 1 is 1.24 bits per heavy atom. The fourth-order valence-corrected chi connectivity index (χ4v) is 3.41. The third-order valence-corrected chi connectivity index (χ3v) is 4.68. The third kappa shape index (κ3) is 4.42. The standard InChI is InChI=1S/C20H26N2O3/c1-13-11-18(15(3)25-13)14(2)21-20(23)22-17-9-10-24-19(12-17)16-7-5-4-6-8-16/h4-8,11,14,17,19H,9-10,12H2,1-3H3,(H2,21,22,23). The molecule has 1 aliphatic heterocycles. The first-order chi connectivity index (χ1) is 12.0. The smallest absolute Gasteiger partial charge is 0.315 e. The molecule has 1 fully saturated rings. The molecule has 25 heavy (non-hydrogen) atoms. The summed E-state index contributed by atoms with van der Waals surface area (Å²) in [6.45, 7) is 6.45. The molecule has 3 atom stereocenters. The van der Waals surface area contributed by atoms with Crippen LogP contribution < -0.4 is 10.6 Å². The number of urea groups is 1. The predicted octanol–water partition coefficient (Wildman–Crippen LogP) is 4.18. The minimum atomic E-state index is -0.149. The van der Waals surface area contributed by atoms with Gasteiger partial charge >= 0.3 is 6.03 Å². The van der Waals surface area contributed by atoms with Crippen LogP contribution in [0.3, 0.4) is 0 Å². The number of ether oxygens (including phenoxy) is 1. The van der Waals surface area contributed by atoms with Crippen molar-refractivity contribution in [2.45, 2.75) is 51.8 Å². The molecule has 0 bridgehead atoms. The average Bonchev–Trinajstić information content (AvgIpc) is 2.94. The van der Waals surface area contributed by atoms with Crippen molar-refractivity contribution >= 4 is 6.03 Å². The van der Waals surface area contributed by atoms with Crippen LogP contribution in [0.25, 0.3) is 0 Å². The summed E-state index contributed by atoms with van der Waals surface area (Å²) in [6, 6.07) is 12.0. The van der Waals surface area contributed by atoms with E-state index in [-0.39, 0.29) is 24.2 Å². The largest absolute Gasteiger partial charge is 0.466 e. The van der Waals surface area contributed by atoms with Gasteiger partial charge in [-0.15, -0.1) is 0 Å². The average molecular weight is 342 g/mol. The predicted molar refractivity (Wildman–Crippen MR) is 96.4 cm³/mol. The van der Waals surface area contributed by atoms with Gasteiger partial charge < -0.3 is 19.8 Å². The molecular formula is C20H26N2O3. The van der Waals surface area contributed by atoms with E-state index >= 15 is 0 Å². The summed E-state index contributed by atoms with van der Waals surface area (Å²) < 4.78 is 11.4. The molecule has 1 aromatic heterocycles. The highest BCUT2D eigenvalue weighted by molar-refractivity contribution is 5.74. The second-order valence-electron chi connectivity index (χ2n) is 6.70. The molecule has 2 heterocycles. The SMILES string of the molecule is Cc1cc(C(C)NC(=O)NC2CCOC(c3ccccc3)C2)c(C)o1. The van der Waals surface area contributed by atoms with Gasteiger partial charge in [-0.05, 0) is 45.2 Å². The molecule has 2 amide bonds. The highest BCUT2D eigenvalue weighted by atomic mass is 16.5. The highest BCUT2D eigenvalue weighted by Crippen LogP contribution is 2.28. The molecule has 0 saturated carbocycles. The van der Waals surface area contributed by atoms with Crippen LogP contribution in [-0.2, 0) is 4.74 Å². The molecule has 3 unspecified atom stereocenters. The zero-order valence-corrected chi connectivity index (χ0v) is 15.0. The van der Waals surface area contributed by atoms with E-state index < -0.39 is 0 Å². The Bertz CT molecular complexity index is 711. The summed E-state index contributed by atoms with van der Waals surface area (Å²) in [4.78, 5) is 12.4. The molecule has 1 aliphatic rings. The van der Waals surface area contributed by atoms with E-state index in [4.69, 9.17) is 9.15 Å². The van der Waals surface area contributed by atoms with Gasteiger partial charge in [-0.3, -0.25) is 0 Å². The van der Waals surface area contributed by atoms with Crippen LogP contribution >= 0.6 is 0 Å². The Morgan fingerprint density at radius 3 is 2.68 bits per heavy atom. The van der Waals surface area contributed by atoms with Crippen molar-refractivity contribution in [2.75, 3.05) is 6.61 Å². The Labute approximate surface area is 148 Å². The summed E-state index contributed by atoms with van der Waals surface area (Å²) in [7, 11) is 0. The van der Waals surface area contributed by atoms with Gasteiger partial charge in [-0.1, -0.05) is 30.3 Å². The number of carbonyl (C=O) groups excluding carboxylic acids is 1. The third-order valence-electron chi connectivity index (χ3n) is 4.68. The van der Waals surface area contributed by atoms with Crippen LogP contribution in [0.15, 0.2) is 40.8 Å². The fraction of sp³-hybridized carbons (Fsp3) is 0.450. The van der Waals surface area contributed by atoms with Crippen molar-refractivity contribution in [3.63, 3.8) is 0 Å². The van der Waals surface area contributed by atoms with Crippen LogP contribution in [0.1, 0.15) is 54.6 Å². The van der Waals surface area contributed by atoms with Gasteiger partial charge in [0.05, 0.1) is 12.1 Å². The molecule has 134 valence electrons. The Hall–Kier alpha value is -2.27. The summed E-state index contributed by atoms with van der Waals surface area (Å²) in [6.07, 6.45) is 1.65. The first kappa shape index (κ1) is 17.5. The Morgan fingerprint density at radius 2 is 2.00 bits per heavy atom. The number of hydrogen-bond donors (Lipinski definition) is 2. The van der Waals surface area contributed by atoms with Crippen molar-refractivity contribution in [1.82, 2.24) is 10.6 Å². The summed E-state index contributed by atoms with van der Waals surface area (Å²) in [5, 5.41) is 6.09. The molecular weight excluding hydrogens is 316 g/mol. The van der Waals surface area contributed by atoms with Gasteiger partial charge in [0.2, 0.25) is 0 Å². The van der Waals surface area contributed by atoms with E-state index in [1.807, 2.05) is 45.0 Å². The molecule has 2 aromatic rings. The molecule has 3 rings (SSSR count). The van der Waals surface area contributed by atoms with Crippen LogP contribution in [0.5, 0.6) is 0 Å². The monoisotopic (exact) mass is 342 g/mol. The fourth-order valence-electron chi connectivity index (χ4n) is 3.41. The molecule has 0 radical (unpaired) electrons. The Balaban J connectivity index is 1.54. The van der Waals surface area contributed by atoms with Crippen molar-refractivity contribution in [2.24, 2.45) is 0 Å². The molecule has 5 heteroatoms. The molecule has 0 aliphatic carbocycles. The van der Waals surface area contributed by atoms with Crippen LogP contribution in [0.2, 0.25) is 0 Å². The van der Waals surface area contributed by atoms with E-state index in [0.717, 1.165) is 35.5 Å². The minimum Gasteiger partial charge on any atom is -0.466 e. The van der Waals surface area contributed by atoms with Gasteiger partial charge in [-0.2, -0.15) is 0 Å². The second kappa shape index (κ2) is 7.74. The Kier molecular flexibility index (Phi) is 5.43. The van der Waals surface area contributed by atoms with E-state index in [0.29, 0.717) is 6.61 Å². The zero-order valence-electron chi connectivity index (χ0n) is 15.0. The number of aryl methyl sites for hydroxylation is 2. The summed E-state index contributed by atoms with van der Waals surface area (Å²) in [5.74, 6) is 1.71. The lowest BCUT2D eigenvalue weighted by atomic mass is 9.97. The number of rotatable bonds is 4. The van der Waals surface area contributed by atoms with Crippen molar-refractivity contribution in [3.05, 3.63) is 59.0 Å². The minimum absolute atomic E-state index is 0.0384. The number of amides is 2. The molecule has 1 aromatic carbocycles. The quantitative estimate of drug-likeness (QED) is 0.876. The number of furan rings is 1. The van der Waals surface area contributed by atoms with Crippen LogP contribution in [-0.4, -0.2) is 18.7 Å². The van der Waals surface area contributed by atoms with Gasteiger partial charge in [0.25, 0.3) is 0 Å². The van der Waals surface area contributed by atoms with Crippen LogP contribution in [0.4, 0.5) is 4.79 Å². The summed E-state index contributed by atoms with van der Waals surface area (Å²) >= 11 is 0. The lowest BCUT2D eigenvalue weighted by molar-refractivity contribution is 0.00222. The lowest BCUT2D eigenvalue weighted by Gasteiger charge is -2.30. The molecule has 1 saturated heterocycles. The van der Waals surface area contributed by atoms with E-state index in [2.05, 4.69) is 22.8 Å². The number of carbonyl (C=O) groups is 1. The molecule has 5 nitrogen and oxygen atoms in total. The maximum atomic E-state index is 12.4. The number of hydrogen-bond acceptors (Lipinski definition) is 3. The highest BCUT2D eigenvalue weighted by Gasteiger charge is 2.25. The number of nitrogens with one attached hydrogen (secondary N) is 2. The zero-order chi connectivity index (χ0) is 17.8. The van der Waals surface area contributed by atoms with Gasteiger partial charge in [-0.25, -0.2) is 4.79 Å². The van der Waals surface area contributed by atoms with E-state index in [1.165, 1.54) is 0 Å². The van der Waals surface area contributed by atoms with Gasteiger partial charge in [0.1, 0.15) is 11.5 Å². The first-order valence-electron chi connectivity index (χ1n) is 8.83. The first-order valence-corrected chi connectivity index (χ1v) is 8.83. The topological polar surface area (TPSA) is 63.5 Å². The van der Waals surface area contributed by atoms with Crippen molar-refractivity contribution in [1.29, 1.82) is 0 Å². The number of benzene rings is 1. The lowest BCUT2D eigenvalue weighted by Crippen LogP contribution is -2.45. The van der Waals surface area contributed by atoms with Crippen molar-refractivity contribution in [3.8, 4) is 0 Å². The van der Waals surface area contributed by atoms with Gasteiger partial charge in [0, 0.05) is 18.2 Å². The normalized spacial score (nSPS) is 21.6. The van der Waals surface area contributed by atoms with Gasteiger partial charge in [0.15, 0.2) is 0 Å². The maximum absolute atomic E-state index is 12.4. The van der Waals surface area contributed by atoms with E-state index in [9.17, 15) is 4.79 Å². The van der Waals surface area contributed by atoms with Crippen molar-refractivity contribution < 1.29 is 13.9 Å². The second-order valence-corrected chi connectivity index (χ2v) is 6.70. The maximum Gasteiger partial charge on any atom is 0.315 e. The molecule has 0 spiro atoms. The summed E-state index contributed by atoms with van der Waals surface area (Å²) in [5.41, 5.74) is 2.18. The van der Waals surface area contributed by atoms with E-state index in [1.54, 1.807) is 0 Å². The van der Waals surface area contributed by atoms with Crippen LogP contribution in [0, 0.1) is 13.8 Å².